The molecule has 1 aliphatic carbocycles. The highest BCUT2D eigenvalue weighted by Gasteiger charge is 2.33. The van der Waals surface area contributed by atoms with Crippen LogP contribution in [0.2, 0.25) is 0 Å². The van der Waals surface area contributed by atoms with Crippen molar-refractivity contribution in [1.82, 2.24) is 0 Å². The van der Waals surface area contributed by atoms with Gasteiger partial charge in [-0.3, -0.25) is 0 Å². The molecule has 0 aromatic rings. The summed E-state index contributed by atoms with van der Waals surface area (Å²) in [5.74, 6) is 0.570. The Morgan fingerprint density at radius 3 is 2.85 bits per heavy atom. The van der Waals surface area contributed by atoms with E-state index >= 15 is 0 Å². The summed E-state index contributed by atoms with van der Waals surface area (Å²) in [4.78, 5) is 0. The van der Waals surface area contributed by atoms with Crippen LogP contribution in [0.15, 0.2) is 12.2 Å². The molecule has 1 fully saturated rings. The van der Waals surface area contributed by atoms with E-state index in [1.165, 1.54) is 24.8 Å². The summed E-state index contributed by atoms with van der Waals surface area (Å²) in [7, 11) is 0. The van der Waals surface area contributed by atoms with Crippen molar-refractivity contribution in [3.8, 4) is 6.07 Å². The van der Waals surface area contributed by atoms with Crippen molar-refractivity contribution in [3.05, 3.63) is 12.2 Å². The molecule has 1 aliphatic rings. The van der Waals surface area contributed by atoms with Crippen LogP contribution in [-0.2, 0) is 0 Å². The van der Waals surface area contributed by atoms with Crippen LogP contribution in [0.25, 0.3) is 0 Å². The molecule has 0 aromatic heterocycles. The first-order valence-corrected chi connectivity index (χ1v) is 5.12. The number of nitriles is 1. The van der Waals surface area contributed by atoms with Gasteiger partial charge >= 0.3 is 0 Å². The van der Waals surface area contributed by atoms with Gasteiger partial charge in [-0.2, -0.15) is 5.26 Å². The minimum absolute atomic E-state index is 0.367. The van der Waals surface area contributed by atoms with Gasteiger partial charge in [0.15, 0.2) is 0 Å². The first-order chi connectivity index (χ1) is 6.08. The molecule has 13 heavy (non-hydrogen) atoms. The molecule has 0 saturated heterocycles. The quantitative estimate of drug-likeness (QED) is 0.590. The number of hydrogen-bond acceptors (Lipinski definition) is 1. The topological polar surface area (TPSA) is 23.8 Å². The minimum atomic E-state index is 0.367. The van der Waals surface area contributed by atoms with E-state index in [2.05, 4.69) is 26.5 Å². The van der Waals surface area contributed by atoms with Crippen molar-refractivity contribution >= 4 is 0 Å². The summed E-state index contributed by atoms with van der Waals surface area (Å²) < 4.78 is 0. The van der Waals surface area contributed by atoms with Crippen LogP contribution in [0.5, 0.6) is 0 Å². The fourth-order valence-corrected chi connectivity index (χ4v) is 2.48. The average molecular weight is 177 g/mol. The van der Waals surface area contributed by atoms with Crippen LogP contribution in [0.4, 0.5) is 0 Å². The maximum atomic E-state index is 8.57. The van der Waals surface area contributed by atoms with Crippen LogP contribution in [-0.4, -0.2) is 0 Å². The first-order valence-electron chi connectivity index (χ1n) is 5.12. The lowest BCUT2D eigenvalue weighted by Crippen LogP contribution is -2.29. The monoisotopic (exact) mass is 177 g/mol. The van der Waals surface area contributed by atoms with Crippen LogP contribution in [0, 0.1) is 22.7 Å². The van der Waals surface area contributed by atoms with Gasteiger partial charge in [0.05, 0.1) is 6.07 Å². The molecule has 1 nitrogen and oxygen atoms in total. The summed E-state index contributed by atoms with van der Waals surface area (Å²) in [5.41, 5.74) is 1.73. The second-order valence-electron chi connectivity index (χ2n) is 4.75. The van der Waals surface area contributed by atoms with E-state index < -0.39 is 0 Å². The molecule has 1 unspecified atom stereocenters. The highest BCUT2D eigenvalue weighted by atomic mass is 14.4. The van der Waals surface area contributed by atoms with E-state index in [1.54, 1.807) is 0 Å². The van der Waals surface area contributed by atoms with E-state index in [1.807, 2.05) is 0 Å². The Kier molecular flexibility index (Phi) is 3.14. The van der Waals surface area contributed by atoms with Crippen LogP contribution in [0.3, 0.4) is 0 Å². The lowest BCUT2D eigenvalue weighted by Gasteiger charge is -2.40. The molecule has 0 bridgehead atoms. The Balaban J connectivity index is 2.64. The molecule has 0 heterocycles. The van der Waals surface area contributed by atoms with Gasteiger partial charge in [0.1, 0.15) is 0 Å². The molecular weight excluding hydrogens is 158 g/mol. The smallest absolute Gasteiger partial charge is 0.0621 e. The molecule has 1 saturated carbocycles. The molecule has 0 aromatic carbocycles. The van der Waals surface area contributed by atoms with E-state index in [0.29, 0.717) is 17.8 Å². The van der Waals surface area contributed by atoms with E-state index in [0.717, 1.165) is 6.42 Å². The summed E-state index contributed by atoms with van der Waals surface area (Å²) in [6.07, 6.45) is 5.39. The van der Waals surface area contributed by atoms with E-state index in [9.17, 15) is 0 Å². The van der Waals surface area contributed by atoms with Crippen molar-refractivity contribution in [1.29, 1.82) is 5.26 Å². The van der Waals surface area contributed by atoms with Gasteiger partial charge in [-0.15, -0.1) is 0 Å². The van der Waals surface area contributed by atoms with E-state index in [4.69, 9.17) is 5.26 Å². The zero-order chi connectivity index (χ0) is 9.90. The Morgan fingerprint density at radius 2 is 2.31 bits per heavy atom. The maximum Gasteiger partial charge on any atom is 0.0621 e. The van der Waals surface area contributed by atoms with Crippen molar-refractivity contribution in [2.45, 2.75) is 46.0 Å². The summed E-state index contributed by atoms with van der Waals surface area (Å²) in [6.45, 7) is 8.74. The van der Waals surface area contributed by atoms with Gasteiger partial charge in [-0.1, -0.05) is 26.0 Å². The Labute approximate surface area is 81.5 Å². The Hall–Kier alpha value is -0.770. The SMILES string of the molecule is C=C1CCCC(C)(C)C1CCC#N. The largest absolute Gasteiger partial charge is 0.198 e. The van der Waals surface area contributed by atoms with Gasteiger partial charge in [0.25, 0.3) is 0 Å². The Bertz CT molecular complexity index is 232. The third-order valence-corrected chi connectivity index (χ3v) is 3.30. The predicted molar refractivity (Wildman–Crippen MR) is 55.1 cm³/mol. The first kappa shape index (κ1) is 10.3. The van der Waals surface area contributed by atoms with Crippen molar-refractivity contribution in [2.24, 2.45) is 11.3 Å². The standard InChI is InChI=1S/C12H19N/c1-10-6-4-8-12(2,3)11(10)7-5-9-13/h11H,1,4-8H2,2-3H3. The Morgan fingerprint density at radius 1 is 1.62 bits per heavy atom. The van der Waals surface area contributed by atoms with Crippen LogP contribution in [0.1, 0.15) is 46.0 Å². The molecule has 72 valence electrons. The highest BCUT2D eigenvalue weighted by Crippen LogP contribution is 2.45. The van der Waals surface area contributed by atoms with Gasteiger partial charge in [-0.05, 0) is 37.0 Å². The van der Waals surface area contributed by atoms with Crippen molar-refractivity contribution < 1.29 is 0 Å². The molecule has 0 aliphatic heterocycles. The van der Waals surface area contributed by atoms with Gasteiger partial charge in [-0.25, -0.2) is 0 Å². The third-order valence-electron chi connectivity index (χ3n) is 3.30. The third kappa shape index (κ3) is 2.34. The summed E-state index contributed by atoms with van der Waals surface area (Å²) in [5, 5.41) is 8.57. The fourth-order valence-electron chi connectivity index (χ4n) is 2.48. The number of allylic oxidation sites excluding steroid dienone is 1. The van der Waals surface area contributed by atoms with Gasteiger partial charge < -0.3 is 0 Å². The average Bonchev–Trinajstić information content (AvgIpc) is 2.02. The molecular formula is C12H19N. The molecule has 0 N–H and O–H groups in total. The molecule has 0 amide bonds. The van der Waals surface area contributed by atoms with Crippen LogP contribution >= 0.6 is 0 Å². The highest BCUT2D eigenvalue weighted by molar-refractivity contribution is 5.09. The van der Waals surface area contributed by atoms with Crippen molar-refractivity contribution in [2.75, 3.05) is 0 Å². The second kappa shape index (κ2) is 3.96. The summed E-state index contributed by atoms with van der Waals surface area (Å²) in [6, 6.07) is 2.23. The predicted octanol–water partition coefficient (Wildman–Crippen LogP) is 3.67. The lowest BCUT2D eigenvalue weighted by molar-refractivity contribution is 0.182. The zero-order valence-corrected chi connectivity index (χ0v) is 8.77. The zero-order valence-electron chi connectivity index (χ0n) is 8.77. The van der Waals surface area contributed by atoms with Crippen molar-refractivity contribution in [3.63, 3.8) is 0 Å². The van der Waals surface area contributed by atoms with E-state index in [-0.39, 0.29) is 0 Å². The number of nitrogens with zero attached hydrogens (tertiary/aromatic N) is 1. The van der Waals surface area contributed by atoms with Gasteiger partial charge in [0.2, 0.25) is 0 Å². The maximum absolute atomic E-state index is 8.57. The fraction of sp³-hybridized carbons (Fsp3) is 0.750. The number of hydrogen-bond donors (Lipinski definition) is 0. The van der Waals surface area contributed by atoms with Gasteiger partial charge in [0, 0.05) is 6.42 Å². The molecule has 1 heteroatoms. The number of rotatable bonds is 2. The minimum Gasteiger partial charge on any atom is -0.198 e. The molecule has 1 atom stereocenters. The summed E-state index contributed by atoms with van der Waals surface area (Å²) >= 11 is 0. The molecule has 0 spiro atoms. The normalized spacial score (nSPS) is 26.8. The second-order valence-corrected chi connectivity index (χ2v) is 4.75. The lowest BCUT2D eigenvalue weighted by atomic mass is 9.65. The molecule has 1 rings (SSSR count). The van der Waals surface area contributed by atoms with Crippen LogP contribution < -0.4 is 0 Å². The molecule has 0 radical (unpaired) electrons.